The Morgan fingerprint density at radius 3 is 2.26 bits per heavy atom. The van der Waals surface area contributed by atoms with E-state index < -0.39 is 10.0 Å². The fourth-order valence-corrected chi connectivity index (χ4v) is 3.30. The van der Waals surface area contributed by atoms with Gasteiger partial charge in [-0.05, 0) is 55.7 Å². The van der Waals surface area contributed by atoms with Crippen molar-refractivity contribution >= 4 is 15.7 Å². The molecule has 0 aromatic heterocycles. The molecular weight excluding hydrogens is 258 g/mol. The molecule has 2 rings (SSSR count). The molecule has 0 aliphatic heterocycles. The zero-order valence-corrected chi connectivity index (χ0v) is 12.1. The smallest absolute Gasteiger partial charge is 0.262 e. The lowest BCUT2D eigenvalue weighted by Crippen LogP contribution is -2.14. The zero-order chi connectivity index (χ0) is 14.0. The molecule has 3 nitrogen and oxygen atoms in total. The van der Waals surface area contributed by atoms with Crippen molar-refractivity contribution in [3.63, 3.8) is 0 Å². The van der Waals surface area contributed by atoms with Crippen LogP contribution in [0.5, 0.6) is 0 Å². The van der Waals surface area contributed by atoms with Crippen LogP contribution in [-0.2, 0) is 10.0 Å². The highest BCUT2D eigenvalue weighted by Crippen LogP contribution is 2.21. The van der Waals surface area contributed by atoms with Crippen molar-refractivity contribution < 1.29 is 8.42 Å². The largest absolute Gasteiger partial charge is 0.280 e. The van der Waals surface area contributed by atoms with Crippen LogP contribution < -0.4 is 4.72 Å². The van der Waals surface area contributed by atoms with Crippen LogP contribution in [0.1, 0.15) is 16.7 Å². The molecule has 2 aromatic rings. The highest BCUT2D eigenvalue weighted by Gasteiger charge is 2.16. The van der Waals surface area contributed by atoms with Gasteiger partial charge in [-0.1, -0.05) is 24.3 Å². The molecule has 0 heterocycles. The number of nitrogens with one attached hydrogen (secondary N) is 1. The van der Waals surface area contributed by atoms with Crippen molar-refractivity contribution in [3.05, 3.63) is 59.2 Å². The van der Waals surface area contributed by atoms with E-state index in [4.69, 9.17) is 0 Å². The molecule has 1 N–H and O–H groups in total. The Kier molecular flexibility index (Phi) is 3.62. The summed E-state index contributed by atoms with van der Waals surface area (Å²) in [6, 6.07) is 12.7. The second-order valence-corrected chi connectivity index (χ2v) is 6.39. The van der Waals surface area contributed by atoms with Gasteiger partial charge in [0, 0.05) is 5.69 Å². The van der Waals surface area contributed by atoms with Gasteiger partial charge in [0.2, 0.25) is 0 Å². The maximum atomic E-state index is 12.4. The van der Waals surface area contributed by atoms with E-state index in [-0.39, 0.29) is 0 Å². The summed E-state index contributed by atoms with van der Waals surface area (Å²) in [5, 5.41) is 0. The molecule has 100 valence electrons. The molecular formula is C15H17NO2S. The lowest BCUT2D eigenvalue weighted by Gasteiger charge is -2.11. The van der Waals surface area contributed by atoms with Gasteiger partial charge in [-0.3, -0.25) is 4.72 Å². The van der Waals surface area contributed by atoms with Crippen LogP contribution in [0.2, 0.25) is 0 Å². The molecule has 2 aromatic carbocycles. The molecule has 0 amide bonds. The fourth-order valence-electron chi connectivity index (χ4n) is 1.92. The first-order chi connectivity index (χ1) is 8.88. The minimum Gasteiger partial charge on any atom is -0.280 e. The Morgan fingerprint density at radius 2 is 1.58 bits per heavy atom. The highest BCUT2D eigenvalue weighted by molar-refractivity contribution is 7.92. The van der Waals surface area contributed by atoms with Crippen LogP contribution in [-0.4, -0.2) is 8.42 Å². The minimum atomic E-state index is -3.53. The summed E-state index contributed by atoms with van der Waals surface area (Å²) in [5.74, 6) is 0. The molecule has 0 aliphatic rings. The second kappa shape index (κ2) is 5.05. The van der Waals surface area contributed by atoms with E-state index in [9.17, 15) is 8.42 Å². The van der Waals surface area contributed by atoms with E-state index in [1.54, 1.807) is 19.1 Å². The molecule has 0 bridgehead atoms. The van der Waals surface area contributed by atoms with Crippen LogP contribution >= 0.6 is 0 Å². The average Bonchev–Trinajstić information content (AvgIpc) is 2.31. The first-order valence-electron chi connectivity index (χ1n) is 6.05. The van der Waals surface area contributed by atoms with Crippen LogP contribution in [0.15, 0.2) is 47.4 Å². The maximum absolute atomic E-state index is 12.4. The van der Waals surface area contributed by atoms with Crippen molar-refractivity contribution in [2.24, 2.45) is 0 Å². The molecule has 0 atom stereocenters. The van der Waals surface area contributed by atoms with Gasteiger partial charge in [-0.25, -0.2) is 8.42 Å². The molecule has 0 unspecified atom stereocenters. The van der Waals surface area contributed by atoms with Crippen LogP contribution in [0.25, 0.3) is 0 Å². The van der Waals surface area contributed by atoms with Gasteiger partial charge in [0.25, 0.3) is 10.0 Å². The first kappa shape index (κ1) is 13.6. The summed E-state index contributed by atoms with van der Waals surface area (Å²) >= 11 is 0. The Labute approximate surface area is 114 Å². The van der Waals surface area contributed by atoms with Gasteiger partial charge < -0.3 is 0 Å². The van der Waals surface area contributed by atoms with Crippen LogP contribution in [0, 0.1) is 20.8 Å². The number of hydrogen-bond donors (Lipinski definition) is 1. The van der Waals surface area contributed by atoms with E-state index >= 15 is 0 Å². The predicted octanol–water partition coefficient (Wildman–Crippen LogP) is 3.41. The Hall–Kier alpha value is -1.81. The Balaban J connectivity index is 2.40. The predicted molar refractivity (Wildman–Crippen MR) is 77.9 cm³/mol. The quantitative estimate of drug-likeness (QED) is 0.933. The van der Waals surface area contributed by atoms with Crippen LogP contribution in [0.3, 0.4) is 0 Å². The SMILES string of the molecule is Cc1cccc(NS(=O)(=O)c2cc(C)ccc2C)c1. The summed E-state index contributed by atoms with van der Waals surface area (Å²) < 4.78 is 27.4. The van der Waals surface area contributed by atoms with Crippen molar-refractivity contribution in [2.75, 3.05) is 4.72 Å². The molecule has 0 fully saturated rings. The normalized spacial score (nSPS) is 11.3. The summed E-state index contributed by atoms with van der Waals surface area (Å²) in [5.41, 5.74) is 3.27. The van der Waals surface area contributed by atoms with E-state index in [1.807, 2.05) is 44.2 Å². The van der Waals surface area contributed by atoms with Crippen molar-refractivity contribution in [1.82, 2.24) is 0 Å². The number of aryl methyl sites for hydroxylation is 3. The number of benzene rings is 2. The van der Waals surface area contributed by atoms with E-state index in [1.165, 1.54) is 0 Å². The van der Waals surface area contributed by atoms with E-state index in [0.29, 0.717) is 10.6 Å². The molecule has 0 aliphatic carbocycles. The van der Waals surface area contributed by atoms with Gasteiger partial charge in [0.05, 0.1) is 4.90 Å². The summed E-state index contributed by atoms with van der Waals surface area (Å²) in [6.07, 6.45) is 0. The van der Waals surface area contributed by atoms with Crippen molar-refractivity contribution in [1.29, 1.82) is 0 Å². The third-order valence-electron chi connectivity index (χ3n) is 2.90. The maximum Gasteiger partial charge on any atom is 0.262 e. The summed E-state index contributed by atoms with van der Waals surface area (Å²) in [7, 11) is -3.53. The van der Waals surface area contributed by atoms with Gasteiger partial charge >= 0.3 is 0 Å². The third-order valence-corrected chi connectivity index (χ3v) is 4.43. The van der Waals surface area contributed by atoms with Crippen molar-refractivity contribution in [2.45, 2.75) is 25.7 Å². The molecule has 0 saturated carbocycles. The topological polar surface area (TPSA) is 46.2 Å². The number of rotatable bonds is 3. The monoisotopic (exact) mass is 275 g/mol. The van der Waals surface area contributed by atoms with E-state index in [0.717, 1.165) is 16.7 Å². The van der Waals surface area contributed by atoms with Gasteiger partial charge in [-0.15, -0.1) is 0 Å². The second-order valence-electron chi connectivity index (χ2n) is 4.74. The zero-order valence-electron chi connectivity index (χ0n) is 11.3. The average molecular weight is 275 g/mol. The van der Waals surface area contributed by atoms with Gasteiger partial charge in [0.1, 0.15) is 0 Å². The van der Waals surface area contributed by atoms with E-state index in [2.05, 4.69) is 4.72 Å². The Morgan fingerprint density at radius 1 is 0.895 bits per heavy atom. The third kappa shape index (κ3) is 3.15. The highest BCUT2D eigenvalue weighted by atomic mass is 32.2. The standard InChI is InChI=1S/C15H17NO2S/c1-11-5-4-6-14(9-11)16-19(17,18)15-10-12(2)7-8-13(15)3/h4-10,16H,1-3H3. The molecule has 0 radical (unpaired) electrons. The van der Waals surface area contributed by atoms with Crippen molar-refractivity contribution in [3.8, 4) is 0 Å². The van der Waals surface area contributed by atoms with Crippen LogP contribution in [0.4, 0.5) is 5.69 Å². The van der Waals surface area contributed by atoms with Gasteiger partial charge in [0.15, 0.2) is 0 Å². The number of sulfonamides is 1. The molecule has 0 spiro atoms. The number of anilines is 1. The minimum absolute atomic E-state index is 0.328. The molecule has 0 saturated heterocycles. The summed E-state index contributed by atoms with van der Waals surface area (Å²) in [6.45, 7) is 5.60. The van der Waals surface area contributed by atoms with Gasteiger partial charge in [-0.2, -0.15) is 0 Å². The number of hydrogen-bond acceptors (Lipinski definition) is 2. The lowest BCUT2D eigenvalue weighted by atomic mass is 10.2. The first-order valence-corrected chi connectivity index (χ1v) is 7.53. The fraction of sp³-hybridized carbons (Fsp3) is 0.200. The Bertz CT molecular complexity index is 706. The summed E-state index contributed by atoms with van der Waals surface area (Å²) in [4.78, 5) is 0.328. The molecule has 4 heteroatoms. The molecule has 19 heavy (non-hydrogen) atoms. The lowest BCUT2D eigenvalue weighted by molar-refractivity contribution is 0.600.